The maximum atomic E-state index is 12.1. The maximum Gasteiger partial charge on any atom is 0.250 e. The first-order valence-electron chi connectivity index (χ1n) is 6.69. The minimum absolute atomic E-state index is 0.193. The third kappa shape index (κ3) is 3.99. The van der Waals surface area contributed by atoms with Gasteiger partial charge in [-0.1, -0.05) is 29.8 Å². The average molecular weight is 318 g/mol. The lowest BCUT2D eigenvalue weighted by Crippen LogP contribution is -2.31. The third-order valence-electron chi connectivity index (χ3n) is 3.05. The van der Waals surface area contributed by atoms with Crippen molar-refractivity contribution in [3.8, 4) is 0 Å². The van der Waals surface area contributed by atoms with Crippen LogP contribution >= 0.6 is 11.6 Å². The van der Waals surface area contributed by atoms with Crippen LogP contribution in [0.5, 0.6) is 0 Å². The summed E-state index contributed by atoms with van der Waals surface area (Å²) in [6.07, 6.45) is 0. The Balaban J connectivity index is 2.05. The zero-order valence-corrected chi connectivity index (χ0v) is 12.7. The van der Waals surface area contributed by atoms with Crippen LogP contribution in [-0.4, -0.2) is 17.9 Å². The Bertz CT molecular complexity index is 689. The molecule has 2 amide bonds. The first-order chi connectivity index (χ1) is 10.5. The number of halogens is 1. The fourth-order valence-electron chi connectivity index (χ4n) is 1.89. The van der Waals surface area contributed by atoms with Crippen LogP contribution < -0.4 is 16.4 Å². The lowest BCUT2D eigenvalue weighted by atomic mass is 10.1. The first kappa shape index (κ1) is 15.9. The van der Waals surface area contributed by atoms with Crippen LogP contribution in [0.15, 0.2) is 48.5 Å². The first-order valence-corrected chi connectivity index (χ1v) is 7.07. The second-order valence-corrected chi connectivity index (χ2v) is 5.19. The van der Waals surface area contributed by atoms with Gasteiger partial charge in [0.05, 0.1) is 10.6 Å². The van der Waals surface area contributed by atoms with Gasteiger partial charge in [-0.15, -0.1) is 0 Å². The number of carbonyl (C=O) groups is 2. The van der Waals surface area contributed by atoms with E-state index >= 15 is 0 Å². The fraction of sp³-hybridized carbons (Fsp3) is 0.125. The van der Waals surface area contributed by atoms with Crippen LogP contribution in [0.3, 0.4) is 0 Å². The number of para-hydroxylation sites is 1. The molecule has 6 heteroatoms. The normalized spacial score (nSPS) is 11.5. The molecule has 0 aliphatic heterocycles. The van der Waals surface area contributed by atoms with E-state index in [0.29, 0.717) is 5.69 Å². The molecule has 0 aliphatic carbocycles. The number of primary amides is 1. The van der Waals surface area contributed by atoms with E-state index in [0.717, 1.165) is 5.69 Å². The quantitative estimate of drug-likeness (QED) is 0.792. The van der Waals surface area contributed by atoms with Gasteiger partial charge in [-0.2, -0.15) is 0 Å². The van der Waals surface area contributed by atoms with Crippen LogP contribution in [0.2, 0.25) is 5.02 Å². The molecule has 0 saturated carbocycles. The fourth-order valence-corrected chi connectivity index (χ4v) is 2.10. The van der Waals surface area contributed by atoms with Gasteiger partial charge in [-0.25, -0.2) is 0 Å². The van der Waals surface area contributed by atoms with Crippen molar-refractivity contribution in [1.29, 1.82) is 0 Å². The van der Waals surface area contributed by atoms with Gasteiger partial charge in [0.15, 0.2) is 0 Å². The van der Waals surface area contributed by atoms with E-state index < -0.39 is 11.9 Å². The van der Waals surface area contributed by atoms with Gasteiger partial charge in [0, 0.05) is 11.4 Å². The van der Waals surface area contributed by atoms with Crippen molar-refractivity contribution < 1.29 is 9.59 Å². The molecule has 22 heavy (non-hydrogen) atoms. The molecule has 4 N–H and O–H groups in total. The Labute approximate surface area is 133 Å². The molecule has 2 aromatic carbocycles. The van der Waals surface area contributed by atoms with Crippen LogP contribution in [0.25, 0.3) is 0 Å². The molecule has 1 atom stereocenters. The molecule has 0 aromatic heterocycles. The van der Waals surface area contributed by atoms with Crippen molar-refractivity contribution in [2.24, 2.45) is 5.73 Å². The Morgan fingerprint density at radius 2 is 1.77 bits per heavy atom. The van der Waals surface area contributed by atoms with Crippen molar-refractivity contribution in [3.05, 3.63) is 59.1 Å². The van der Waals surface area contributed by atoms with Gasteiger partial charge in [-0.3, -0.25) is 9.59 Å². The molecule has 2 rings (SSSR count). The second kappa shape index (κ2) is 6.95. The topological polar surface area (TPSA) is 84.2 Å². The summed E-state index contributed by atoms with van der Waals surface area (Å²) >= 11 is 5.89. The van der Waals surface area contributed by atoms with Crippen LogP contribution in [0.4, 0.5) is 11.4 Å². The highest BCUT2D eigenvalue weighted by molar-refractivity contribution is 6.33. The van der Waals surface area contributed by atoms with E-state index in [-0.39, 0.29) is 16.5 Å². The Kier molecular flexibility index (Phi) is 5.01. The van der Waals surface area contributed by atoms with Gasteiger partial charge >= 0.3 is 0 Å². The number of hydrogen-bond acceptors (Lipinski definition) is 3. The third-order valence-corrected chi connectivity index (χ3v) is 3.38. The smallest absolute Gasteiger partial charge is 0.250 e. The monoisotopic (exact) mass is 317 g/mol. The van der Waals surface area contributed by atoms with Crippen molar-refractivity contribution >= 4 is 34.8 Å². The molecular weight excluding hydrogens is 302 g/mol. The number of nitrogens with two attached hydrogens (primary N) is 1. The standard InChI is InChI=1S/C16H16ClN3O2/c1-10(16(22)20-11-5-3-2-4-6-11)19-12-7-8-14(17)13(9-12)15(18)21/h2-10,19H,1H3,(H2,18,21)(H,20,22)/t10-/m0/s1. The van der Waals surface area contributed by atoms with Gasteiger partial charge in [0.1, 0.15) is 6.04 Å². The maximum absolute atomic E-state index is 12.1. The summed E-state index contributed by atoms with van der Waals surface area (Å²) < 4.78 is 0. The molecule has 114 valence electrons. The molecule has 0 aliphatic rings. The van der Waals surface area contributed by atoms with Gasteiger partial charge in [0.2, 0.25) is 11.8 Å². The molecule has 0 saturated heterocycles. The molecule has 0 radical (unpaired) electrons. The number of benzene rings is 2. The highest BCUT2D eigenvalue weighted by atomic mass is 35.5. The van der Waals surface area contributed by atoms with E-state index in [1.165, 1.54) is 6.07 Å². The molecule has 0 bridgehead atoms. The largest absolute Gasteiger partial charge is 0.374 e. The number of carbonyl (C=O) groups excluding carboxylic acids is 2. The lowest BCUT2D eigenvalue weighted by molar-refractivity contribution is -0.116. The molecule has 0 unspecified atom stereocenters. The number of nitrogens with one attached hydrogen (secondary N) is 2. The number of anilines is 2. The molecule has 0 heterocycles. The van der Waals surface area contributed by atoms with E-state index in [2.05, 4.69) is 10.6 Å². The molecule has 2 aromatic rings. The average Bonchev–Trinajstić information content (AvgIpc) is 2.49. The minimum atomic E-state index is -0.616. The summed E-state index contributed by atoms with van der Waals surface area (Å²) in [6.45, 7) is 1.72. The summed E-state index contributed by atoms with van der Waals surface area (Å²) in [5.74, 6) is -0.809. The van der Waals surface area contributed by atoms with Gasteiger partial charge in [-0.05, 0) is 37.3 Å². The Morgan fingerprint density at radius 3 is 2.41 bits per heavy atom. The number of hydrogen-bond donors (Lipinski definition) is 3. The van der Waals surface area contributed by atoms with Crippen LogP contribution in [0.1, 0.15) is 17.3 Å². The molecular formula is C16H16ClN3O2. The van der Waals surface area contributed by atoms with Crippen LogP contribution in [-0.2, 0) is 4.79 Å². The summed E-state index contributed by atoms with van der Waals surface area (Å²) in [6, 6.07) is 13.4. The van der Waals surface area contributed by atoms with E-state index in [9.17, 15) is 9.59 Å². The van der Waals surface area contributed by atoms with Gasteiger partial charge < -0.3 is 16.4 Å². The summed E-state index contributed by atoms with van der Waals surface area (Å²) in [7, 11) is 0. The minimum Gasteiger partial charge on any atom is -0.374 e. The van der Waals surface area contributed by atoms with Crippen molar-refractivity contribution in [2.45, 2.75) is 13.0 Å². The zero-order valence-electron chi connectivity index (χ0n) is 12.0. The lowest BCUT2D eigenvalue weighted by Gasteiger charge is -2.16. The summed E-state index contributed by atoms with van der Waals surface area (Å²) in [4.78, 5) is 23.4. The SMILES string of the molecule is C[C@H](Nc1ccc(Cl)c(C(N)=O)c1)C(=O)Nc1ccccc1. The predicted molar refractivity (Wildman–Crippen MR) is 88.1 cm³/mol. The Morgan fingerprint density at radius 1 is 1.09 bits per heavy atom. The predicted octanol–water partition coefficient (Wildman–Crippen LogP) is 2.88. The van der Waals surface area contributed by atoms with Crippen molar-refractivity contribution in [3.63, 3.8) is 0 Å². The van der Waals surface area contributed by atoms with E-state index in [4.69, 9.17) is 17.3 Å². The highest BCUT2D eigenvalue weighted by Crippen LogP contribution is 2.20. The number of rotatable bonds is 5. The van der Waals surface area contributed by atoms with E-state index in [1.54, 1.807) is 31.2 Å². The number of amides is 2. The molecule has 0 fully saturated rings. The summed E-state index contributed by atoms with van der Waals surface area (Å²) in [5.41, 5.74) is 6.77. The molecule has 0 spiro atoms. The molecule has 5 nitrogen and oxygen atoms in total. The van der Waals surface area contributed by atoms with Crippen molar-refractivity contribution in [2.75, 3.05) is 10.6 Å². The second-order valence-electron chi connectivity index (χ2n) is 4.78. The van der Waals surface area contributed by atoms with E-state index in [1.807, 2.05) is 18.2 Å². The zero-order chi connectivity index (χ0) is 16.1. The Hall–Kier alpha value is -2.53. The highest BCUT2D eigenvalue weighted by Gasteiger charge is 2.14. The van der Waals surface area contributed by atoms with Crippen LogP contribution in [0, 0.1) is 0 Å². The van der Waals surface area contributed by atoms with Gasteiger partial charge in [0.25, 0.3) is 0 Å². The van der Waals surface area contributed by atoms with Crippen molar-refractivity contribution in [1.82, 2.24) is 0 Å². The summed E-state index contributed by atoms with van der Waals surface area (Å²) in [5, 5.41) is 6.07.